The van der Waals surface area contributed by atoms with Gasteiger partial charge in [0.15, 0.2) is 15.0 Å². The number of anilines is 1. The van der Waals surface area contributed by atoms with E-state index in [0.29, 0.717) is 5.17 Å². The summed E-state index contributed by atoms with van der Waals surface area (Å²) in [5.41, 5.74) is 0.820. The van der Waals surface area contributed by atoms with Crippen molar-refractivity contribution in [2.45, 2.75) is 11.3 Å². The maximum Gasteiger partial charge on any atom is 0.274 e. The first-order valence-corrected chi connectivity index (χ1v) is 10.4. The van der Waals surface area contributed by atoms with Crippen molar-refractivity contribution in [2.75, 3.05) is 30.1 Å². The van der Waals surface area contributed by atoms with Gasteiger partial charge in [0, 0.05) is 22.5 Å². The number of rotatable bonds is 3. The number of aliphatic imine (C=N–C) groups is 1. The molecule has 9 heteroatoms. The second-order valence-corrected chi connectivity index (χ2v) is 9.65. The van der Waals surface area contributed by atoms with Crippen LogP contribution in [0.2, 0.25) is 0 Å². The van der Waals surface area contributed by atoms with Gasteiger partial charge in [-0.2, -0.15) is 4.99 Å². The number of amidine groups is 1. The Morgan fingerprint density at radius 2 is 2.26 bits per heavy atom. The van der Waals surface area contributed by atoms with E-state index in [1.165, 1.54) is 18.9 Å². The summed E-state index contributed by atoms with van der Waals surface area (Å²) in [6, 6.07) is 7.34. The van der Waals surface area contributed by atoms with Gasteiger partial charge in [0.25, 0.3) is 5.91 Å². The minimum absolute atomic E-state index is 0.0780. The van der Waals surface area contributed by atoms with Gasteiger partial charge in [0.2, 0.25) is 0 Å². The summed E-state index contributed by atoms with van der Waals surface area (Å²) >= 11 is 4.77. The fraction of sp³-hybridized carbons (Fsp3) is 0.429. The number of methoxy groups -OCH3 is 1. The lowest BCUT2D eigenvalue weighted by molar-refractivity contribution is -0.121. The molecule has 2 heterocycles. The number of ether oxygens (including phenoxy) is 1. The Bertz CT molecular complexity index is 766. The van der Waals surface area contributed by atoms with E-state index in [-0.39, 0.29) is 35.3 Å². The van der Waals surface area contributed by atoms with E-state index in [1.54, 1.807) is 0 Å². The molecular weight excluding hydrogens is 404 g/mol. The molecule has 0 spiro atoms. The molecular formula is C14H15BrN2O4S2. The molecule has 3 rings (SSSR count). The number of hydrogen-bond acceptors (Lipinski definition) is 5. The number of carbonyl (C=O) groups is 1. The van der Waals surface area contributed by atoms with E-state index < -0.39 is 9.84 Å². The predicted octanol–water partition coefficient (Wildman–Crippen LogP) is 1.70. The Hall–Kier alpha value is -0.900. The Morgan fingerprint density at radius 1 is 1.48 bits per heavy atom. The Balaban J connectivity index is 1.99. The van der Waals surface area contributed by atoms with Crippen LogP contribution in [0.5, 0.6) is 0 Å². The molecule has 2 saturated heterocycles. The Kier molecular flexibility index (Phi) is 4.82. The second-order valence-electron chi connectivity index (χ2n) is 5.37. The SMILES string of the molecule is COCC(=O)N=C1S[C@@H]2CS(=O)(=O)C[C@H]2N1c1cccc(Br)c1. The zero-order valence-corrected chi connectivity index (χ0v) is 15.5. The van der Waals surface area contributed by atoms with Crippen LogP contribution in [0.15, 0.2) is 33.7 Å². The summed E-state index contributed by atoms with van der Waals surface area (Å²) < 4.78 is 29.6. The number of amides is 1. The average Bonchev–Trinajstić information content (AvgIpc) is 2.89. The van der Waals surface area contributed by atoms with Crippen LogP contribution in [-0.2, 0) is 19.4 Å². The monoisotopic (exact) mass is 418 g/mol. The molecule has 1 amide bonds. The lowest BCUT2D eigenvalue weighted by atomic mass is 10.2. The highest BCUT2D eigenvalue weighted by Crippen LogP contribution is 2.41. The molecule has 0 radical (unpaired) electrons. The maximum atomic E-state index is 11.9. The second kappa shape index (κ2) is 6.54. The van der Waals surface area contributed by atoms with Crippen molar-refractivity contribution in [2.24, 2.45) is 4.99 Å². The van der Waals surface area contributed by atoms with Gasteiger partial charge >= 0.3 is 0 Å². The van der Waals surface area contributed by atoms with Gasteiger partial charge in [-0.15, -0.1) is 0 Å². The highest BCUT2D eigenvalue weighted by molar-refractivity contribution is 9.10. The summed E-state index contributed by atoms with van der Waals surface area (Å²) in [5, 5.41) is 0.433. The maximum absolute atomic E-state index is 11.9. The van der Waals surface area contributed by atoms with Crippen LogP contribution in [-0.4, -0.2) is 56.0 Å². The van der Waals surface area contributed by atoms with Crippen molar-refractivity contribution in [1.82, 2.24) is 0 Å². The molecule has 0 aromatic heterocycles. The zero-order valence-electron chi connectivity index (χ0n) is 12.3. The van der Waals surface area contributed by atoms with Crippen molar-refractivity contribution in [3.63, 3.8) is 0 Å². The summed E-state index contributed by atoms with van der Waals surface area (Å²) in [4.78, 5) is 17.8. The molecule has 23 heavy (non-hydrogen) atoms. The van der Waals surface area contributed by atoms with Crippen LogP contribution in [0.1, 0.15) is 0 Å². The van der Waals surface area contributed by atoms with Gasteiger partial charge in [-0.05, 0) is 18.2 Å². The van der Waals surface area contributed by atoms with Crippen LogP contribution >= 0.6 is 27.7 Å². The van der Waals surface area contributed by atoms with Gasteiger partial charge in [-0.3, -0.25) is 4.79 Å². The molecule has 0 bridgehead atoms. The standard InChI is InChI=1S/C14H15BrN2O4S2/c1-21-6-13(18)16-14-17(10-4-2-3-9(15)5-10)11-7-23(19,20)8-12(11)22-14/h2-5,11-12H,6-8H2,1H3/t11-,12-/m1/s1. The quantitative estimate of drug-likeness (QED) is 0.743. The Labute approximate surface area is 147 Å². The van der Waals surface area contributed by atoms with E-state index in [9.17, 15) is 13.2 Å². The zero-order chi connectivity index (χ0) is 16.6. The summed E-state index contributed by atoms with van der Waals surface area (Å²) in [6.07, 6.45) is 0. The fourth-order valence-corrected chi connectivity index (χ4v) is 7.07. The van der Waals surface area contributed by atoms with E-state index in [0.717, 1.165) is 10.2 Å². The molecule has 0 unspecified atom stereocenters. The number of thioether (sulfide) groups is 1. The van der Waals surface area contributed by atoms with Crippen molar-refractivity contribution < 1.29 is 17.9 Å². The number of benzene rings is 1. The molecule has 2 atom stereocenters. The van der Waals surface area contributed by atoms with Crippen LogP contribution in [0.25, 0.3) is 0 Å². The first-order valence-electron chi connectivity index (χ1n) is 6.92. The van der Waals surface area contributed by atoms with Crippen LogP contribution in [0.4, 0.5) is 5.69 Å². The number of halogens is 1. The molecule has 6 nitrogen and oxygen atoms in total. The highest BCUT2D eigenvalue weighted by atomic mass is 79.9. The van der Waals surface area contributed by atoms with Crippen molar-refractivity contribution >= 4 is 54.3 Å². The largest absolute Gasteiger partial charge is 0.375 e. The molecule has 0 saturated carbocycles. The normalized spacial score (nSPS) is 27.4. The molecule has 0 aliphatic carbocycles. The minimum Gasteiger partial charge on any atom is -0.375 e. The van der Waals surface area contributed by atoms with Crippen LogP contribution in [0.3, 0.4) is 0 Å². The van der Waals surface area contributed by atoms with Gasteiger partial charge in [0.05, 0.1) is 17.5 Å². The summed E-state index contributed by atoms with van der Waals surface area (Å²) in [6.45, 7) is -0.0932. The summed E-state index contributed by atoms with van der Waals surface area (Å²) in [5.74, 6) is -0.184. The topological polar surface area (TPSA) is 76.0 Å². The number of carbonyl (C=O) groups excluding carboxylic acids is 1. The molecule has 1 aromatic rings. The van der Waals surface area contributed by atoms with Crippen molar-refractivity contribution in [3.05, 3.63) is 28.7 Å². The average molecular weight is 419 g/mol. The Morgan fingerprint density at radius 3 is 2.96 bits per heavy atom. The van der Waals surface area contributed by atoms with Crippen LogP contribution in [0, 0.1) is 0 Å². The first kappa shape index (κ1) is 16.9. The predicted molar refractivity (Wildman–Crippen MR) is 94.8 cm³/mol. The van der Waals surface area contributed by atoms with Crippen molar-refractivity contribution in [3.8, 4) is 0 Å². The molecule has 0 N–H and O–H groups in total. The number of hydrogen-bond donors (Lipinski definition) is 0. The number of sulfone groups is 1. The molecule has 2 aliphatic rings. The smallest absolute Gasteiger partial charge is 0.274 e. The third-order valence-electron chi connectivity index (χ3n) is 3.64. The third kappa shape index (κ3) is 3.62. The number of nitrogens with zero attached hydrogens (tertiary/aromatic N) is 2. The van der Waals surface area contributed by atoms with Gasteiger partial charge in [-0.25, -0.2) is 8.42 Å². The van der Waals surface area contributed by atoms with E-state index in [1.807, 2.05) is 29.2 Å². The molecule has 2 aliphatic heterocycles. The first-order chi connectivity index (χ1) is 10.9. The van der Waals surface area contributed by atoms with Gasteiger partial charge in [-0.1, -0.05) is 33.8 Å². The minimum atomic E-state index is -3.06. The third-order valence-corrected chi connectivity index (χ3v) is 7.34. The lowest BCUT2D eigenvalue weighted by Crippen LogP contribution is -2.37. The van der Waals surface area contributed by atoms with E-state index in [2.05, 4.69) is 20.9 Å². The van der Waals surface area contributed by atoms with E-state index >= 15 is 0 Å². The fourth-order valence-electron chi connectivity index (χ4n) is 2.75. The molecule has 124 valence electrons. The lowest BCUT2D eigenvalue weighted by Gasteiger charge is -2.24. The molecule has 1 aromatic carbocycles. The number of fused-ring (bicyclic) bond motifs is 1. The van der Waals surface area contributed by atoms with Gasteiger partial charge in [0.1, 0.15) is 6.61 Å². The van der Waals surface area contributed by atoms with Crippen molar-refractivity contribution in [1.29, 1.82) is 0 Å². The summed E-state index contributed by atoms with van der Waals surface area (Å²) in [7, 11) is -1.62. The van der Waals surface area contributed by atoms with E-state index in [4.69, 9.17) is 4.74 Å². The van der Waals surface area contributed by atoms with Crippen LogP contribution < -0.4 is 4.90 Å². The highest BCUT2D eigenvalue weighted by Gasteiger charge is 2.49. The van der Waals surface area contributed by atoms with Gasteiger partial charge < -0.3 is 9.64 Å². The molecule has 2 fully saturated rings.